The predicted molar refractivity (Wildman–Crippen MR) is 63.0 cm³/mol. The third-order valence-corrected chi connectivity index (χ3v) is 3.26. The minimum Gasteiger partial charge on any atom is -0.478 e. The number of hydrogen-bond donors (Lipinski definition) is 1. The third-order valence-electron chi connectivity index (χ3n) is 2.65. The molecule has 7 heteroatoms. The Labute approximate surface area is 109 Å². The number of benzene rings is 1. The van der Waals surface area contributed by atoms with E-state index in [1.807, 2.05) is 0 Å². The van der Waals surface area contributed by atoms with E-state index >= 15 is 0 Å². The first-order chi connectivity index (χ1) is 8.41. The Morgan fingerprint density at radius 1 is 1.44 bits per heavy atom. The van der Waals surface area contributed by atoms with Gasteiger partial charge in [0, 0.05) is 17.8 Å². The van der Waals surface area contributed by atoms with E-state index in [-0.39, 0.29) is 17.8 Å². The van der Waals surface area contributed by atoms with Crippen LogP contribution in [0.2, 0.25) is 0 Å². The minimum atomic E-state index is -1.41. The first-order valence-corrected chi connectivity index (χ1v) is 5.99. The highest BCUT2D eigenvalue weighted by molar-refractivity contribution is 9.09. The molecular formula is C11H8BrF2NO3. The number of carbonyl (C=O) groups is 2. The van der Waals surface area contributed by atoms with Crippen molar-refractivity contribution in [2.45, 2.75) is 11.2 Å². The van der Waals surface area contributed by atoms with Crippen molar-refractivity contribution in [2.24, 2.45) is 0 Å². The zero-order chi connectivity index (χ0) is 13.4. The van der Waals surface area contributed by atoms with Crippen molar-refractivity contribution in [3.63, 3.8) is 0 Å². The number of amides is 1. The molecular weight excluding hydrogens is 312 g/mol. The van der Waals surface area contributed by atoms with Crippen LogP contribution in [0.4, 0.5) is 14.5 Å². The second kappa shape index (κ2) is 4.64. The summed E-state index contributed by atoms with van der Waals surface area (Å²) in [6, 6.07) is 1.68. The van der Waals surface area contributed by atoms with Gasteiger partial charge >= 0.3 is 5.97 Å². The maximum Gasteiger partial charge on any atom is 0.337 e. The van der Waals surface area contributed by atoms with Crippen LogP contribution >= 0.6 is 15.9 Å². The van der Waals surface area contributed by atoms with Crippen molar-refractivity contribution in [1.82, 2.24) is 0 Å². The van der Waals surface area contributed by atoms with Gasteiger partial charge < -0.3 is 10.0 Å². The summed E-state index contributed by atoms with van der Waals surface area (Å²) >= 11 is 3.19. The van der Waals surface area contributed by atoms with Crippen LogP contribution in [0.1, 0.15) is 16.8 Å². The van der Waals surface area contributed by atoms with Gasteiger partial charge in [-0.25, -0.2) is 13.6 Å². The highest BCUT2D eigenvalue weighted by Gasteiger charge is 2.34. The van der Waals surface area contributed by atoms with Crippen LogP contribution in [-0.2, 0) is 4.79 Å². The smallest absolute Gasteiger partial charge is 0.337 e. The average Bonchev–Trinajstić information content (AvgIpc) is 2.61. The Morgan fingerprint density at radius 3 is 2.61 bits per heavy atom. The summed E-state index contributed by atoms with van der Waals surface area (Å²) in [6.07, 6.45) is 0.120. The van der Waals surface area contributed by atoms with E-state index in [0.29, 0.717) is 0 Å². The summed E-state index contributed by atoms with van der Waals surface area (Å²) in [5.74, 6) is -4.34. The third kappa shape index (κ3) is 2.10. The van der Waals surface area contributed by atoms with Crippen molar-refractivity contribution in [3.8, 4) is 0 Å². The monoisotopic (exact) mass is 319 g/mol. The topological polar surface area (TPSA) is 57.6 Å². The lowest BCUT2D eigenvalue weighted by Gasteiger charge is -2.19. The van der Waals surface area contributed by atoms with Crippen LogP contribution in [0.15, 0.2) is 12.1 Å². The van der Waals surface area contributed by atoms with Gasteiger partial charge in [-0.05, 0) is 12.1 Å². The number of rotatable bonds is 2. The van der Waals surface area contributed by atoms with Crippen molar-refractivity contribution in [1.29, 1.82) is 0 Å². The van der Waals surface area contributed by atoms with E-state index in [9.17, 15) is 18.4 Å². The fraction of sp³-hybridized carbons (Fsp3) is 0.273. The summed E-state index contributed by atoms with van der Waals surface area (Å²) in [4.78, 5) is 23.4. The molecule has 18 heavy (non-hydrogen) atoms. The molecule has 1 amide bonds. The number of halogens is 3. The van der Waals surface area contributed by atoms with E-state index in [1.54, 1.807) is 0 Å². The van der Waals surface area contributed by atoms with Gasteiger partial charge in [0.25, 0.3) is 0 Å². The van der Waals surface area contributed by atoms with E-state index in [2.05, 4.69) is 15.9 Å². The average molecular weight is 320 g/mol. The van der Waals surface area contributed by atoms with E-state index in [4.69, 9.17) is 5.11 Å². The number of nitrogens with zero attached hydrogens (tertiary/aromatic N) is 1. The molecule has 0 saturated carbocycles. The number of carboxylic acid groups (broad SMARTS) is 1. The first kappa shape index (κ1) is 12.9. The Morgan fingerprint density at radius 2 is 2.11 bits per heavy atom. The number of alkyl halides is 1. The molecule has 0 radical (unpaired) electrons. The molecule has 1 aliphatic rings. The van der Waals surface area contributed by atoms with Crippen LogP contribution in [0.25, 0.3) is 0 Å². The lowest BCUT2D eigenvalue weighted by atomic mass is 10.1. The van der Waals surface area contributed by atoms with Gasteiger partial charge in [-0.3, -0.25) is 4.79 Å². The van der Waals surface area contributed by atoms with Crippen LogP contribution in [0.3, 0.4) is 0 Å². The van der Waals surface area contributed by atoms with Gasteiger partial charge in [0.1, 0.15) is 0 Å². The summed E-state index contributed by atoms with van der Waals surface area (Å²) < 4.78 is 26.9. The lowest BCUT2D eigenvalue weighted by molar-refractivity contribution is -0.117. The van der Waals surface area contributed by atoms with E-state index in [0.717, 1.165) is 17.0 Å². The van der Waals surface area contributed by atoms with Gasteiger partial charge in [-0.15, -0.1) is 0 Å². The predicted octanol–water partition coefficient (Wildman–Crippen LogP) is 2.16. The molecule has 1 fully saturated rings. The van der Waals surface area contributed by atoms with Crippen LogP contribution in [0.5, 0.6) is 0 Å². The Balaban J connectivity index is 2.58. The number of aromatic carboxylic acids is 1. The maximum atomic E-state index is 13.7. The molecule has 2 rings (SSSR count). The second-order valence-electron chi connectivity index (χ2n) is 3.87. The number of hydrogen-bond acceptors (Lipinski definition) is 2. The van der Waals surface area contributed by atoms with Gasteiger partial charge in [-0.1, -0.05) is 15.9 Å². The highest BCUT2D eigenvalue weighted by Crippen LogP contribution is 2.32. The first-order valence-electron chi connectivity index (χ1n) is 5.07. The van der Waals surface area contributed by atoms with E-state index in [1.165, 1.54) is 0 Å². The van der Waals surface area contributed by atoms with Gasteiger partial charge in [0.2, 0.25) is 5.91 Å². The zero-order valence-electron chi connectivity index (χ0n) is 8.99. The van der Waals surface area contributed by atoms with Crippen molar-refractivity contribution in [2.75, 3.05) is 11.4 Å². The zero-order valence-corrected chi connectivity index (χ0v) is 10.6. The molecule has 1 N–H and O–H groups in total. The Kier molecular flexibility index (Phi) is 3.34. The second-order valence-corrected chi connectivity index (χ2v) is 5.16. The van der Waals surface area contributed by atoms with Gasteiger partial charge in [0.05, 0.1) is 11.3 Å². The summed E-state index contributed by atoms with van der Waals surface area (Å²) in [6.45, 7) is 0.111. The van der Waals surface area contributed by atoms with E-state index < -0.39 is 34.8 Å². The SMILES string of the molecule is O=C(O)c1ccc(F)c(F)c1N1CC(Br)CC1=O. The molecule has 96 valence electrons. The fourth-order valence-electron chi connectivity index (χ4n) is 1.86. The summed E-state index contributed by atoms with van der Waals surface area (Å²) in [5, 5.41) is 8.95. The molecule has 0 spiro atoms. The molecule has 0 aliphatic carbocycles. The molecule has 0 aromatic heterocycles. The quantitative estimate of drug-likeness (QED) is 0.850. The molecule has 1 heterocycles. The Bertz CT molecular complexity index is 535. The fourth-order valence-corrected chi connectivity index (χ4v) is 2.42. The highest BCUT2D eigenvalue weighted by atomic mass is 79.9. The Hall–Kier alpha value is -1.50. The molecule has 1 saturated heterocycles. The van der Waals surface area contributed by atoms with Crippen molar-refractivity contribution >= 4 is 33.5 Å². The summed E-state index contributed by atoms with van der Waals surface area (Å²) in [7, 11) is 0. The maximum absolute atomic E-state index is 13.7. The molecule has 1 aromatic carbocycles. The van der Waals surface area contributed by atoms with Crippen molar-refractivity contribution < 1.29 is 23.5 Å². The standard InChI is InChI=1S/C11H8BrF2NO3/c12-5-3-8(16)15(4-5)10-6(11(17)18)1-2-7(13)9(10)14/h1-2,5H,3-4H2,(H,17,18). The molecule has 1 aliphatic heterocycles. The normalized spacial score (nSPS) is 19.4. The van der Waals surface area contributed by atoms with Crippen LogP contribution in [-0.4, -0.2) is 28.4 Å². The summed E-state index contributed by atoms with van der Waals surface area (Å²) in [5.41, 5.74) is -0.932. The largest absolute Gasteiger partial charge is 0.478 e. The number of anilines is 1. The molecule has 4 nitrogen and oxygen atoms in total. The number of carbonyl (C=O) groups excluding carboxylic acids is 1. The van der Waals surface area contributed by atoms with Crippen molar-refractivity contribution in [3.05, 3.63) is 29.3 Å². The number of carboxylic acids is 1. The van der Waals surface area contributed by atoms with Crippen LogP contribution < -0.4 is 4.90 Å². The molecule has 0 bridgehead atoms. The van der Waals surface area contributed by atoms with Gasteiger partial charge in [0.15, 0.2) is 11.6 Å². The minimum absolute atomic E-state index is 0.111. The lowest BCUT2D eigenvalue weighted by Crippen LogP contribution is -2.28. The molecule has 1 aromatic rings. The van der Waals surface area contributed by atoms with Crippen LogP contribution in [0, 0.1) is 11.6 Å². The van der Waals surface area contributed by atoms with Gasteiger partial charge in [-0.2, -0.15) is 0 Å². The molecule has 1 unspecified atom stereocenters. The molecule has 1 atom stereocenters.